The third-order valence-corrected chi connectivity index (χ3v) is 3.73. The van der Waals surface area contributed by atoms with Gasteiger partial charge in [0.2, 0.25) is 5.91 Å². The first-order chi connectivity index (χ1) is 11.6. The summed E-state index contributed by atoms with van der Waals surface area (Å²) in [6.07, 6.45) is 0. The standard InChI is InChI=1S/C18H21N5O/c1-22(2)12-15-9-7-14(8-10-15)11-19-18(24)13-23-17-6-4-3-5-16(17)20-21-23/h3-10H,11-13H2,1-2H3,(H,19,24). The summed E-state index contributed by atoms with van der Waals surface area (Å²) >= 11 is 0. The molecule has 1 aromatic heterocycles. The highest BCUT2D eigenvalue weighted by molar-refractivity contribution is 5.79. The number of rotatable bonds is 6. The van der Waals surface area contributed by atoms with Crippen molar-refractivity contribution in [3.8, 4) is 0 Å². The molecule has 0 saturated carbocycles. The van der Waals surface area contributed by atoms with Crippen molar-refractivity contribution >= 4 is 16.9 Å². The minimum absolute atomic E-state index is 0.0805. The van der Waals surface area contributed by atoms with Gasteiger partial charge in [0.15, 0.2) is 0 Å². The van der Waals surface area contributed by atoms with Crippen LogP contribution in [0.1, 0.15) is 11.1 Å². The van der Waals surface area contributed by atoms with Gasteiger partial charge in [-0.2, -0.15) is 0 Å². The molecule has 0 aliphatic rings. The molecule has 0 aliphatic heterocycles. The van der Waals surface area contributed by atoms with E-state index in [1.54, 1.807) is 4.68 Å². The van der Waals surface area contributed by atoms with Gasteiger partial charge in [-0.1, -0.05) is 41.6 Å². The van der Waals surface area contributed by atoms with Crippen molar-refractivity contribution in [3.63, 3.8) is 0 Å². The Morgan fingerprint density at radius 2 is 1.79 bits per heavy atom. The van der Waals surface area contributed by atoms with Crippen LogP contribution >= 0.6 is 0 Å². The summed E-state index contributed by atoms with van der Waals surface area (Å²) in [5.41, 5.74) is 3.99. The molecule has 3 aromatic rings. The van der Waals surface area contributed by atoms with E-state index >= 15 is 0 Å². The molecule has 6 nitrogen and oxygen atoms in total. The molecule has 2 aromatic carbocycles. The van der Waals surface area contributed by atoms with Gasteiger partial charge >= 0.3 is 0 Å². The molecule has 0 fully saturated rings. The van der Waals surface area contributed by atoms with Gasteiger partial charge in [0.25, 0.3) is 0 Å². The summed E-state index contributed by atoms with van der Waals surface area (Å²) in [5, 5.41) is 11.0. The highest BCUT2D eigenvalue weighted by Crippen LogP contribution is 2.09. The van der Waals surface area contributed by atoms with E-state index in [-0.39, 0.29) is 12.5 Å². The second-order valence-corrected chi connectivity index (χ2v) is 6.07. The quantitative estimate of drug-likeness (QED) is 0.751. The lowest BCUT2D eigenvalue weighted by Gasteiger charge is -2.10. The van der Waals surface area contributed by atoms with E-state index in [0.717, 1.165) is 23.1 Å². The molecule has 6 heteroatoms. The maximum atomic E-state index is 12.1. The van der Waals surface area contributed by atoms with Crippen molar-refractivity contribution in [1.82, 2.24) is 25.2 Å². The van der Waals surface area contributed by atoms with Crippen LogP contribution in [0, 0.1) is 0 Å². The Hall–Kier alpha value is -2.73. The molecule has 0 aliphatic carbocycles. The largest absolute Gasteiger partial charge is 0.350 e. The van der Waals surface area contributed by atoms with E-state index in [2.05, 4.69) is 32.7 Å². The first-order valence-corrected chi connectivity index (χ1v) is 7.89. The number of fused-ring (bicyclic) bond motifs is 1. The average molecular weight is 323 g/mol. The number of hydrogen-bond acceptors (Lipinski definition) is 4. The maximum absolute atomic E-state index is 12.1. The Morgan fingerprint density at radius 1 is 1.08 bits per heavy atom. The predicted molar refractivity (Wildman–Crippen MR) is 93.2 cm³/mol. The minimum Gasteiger partial charge on any atom is -0.350 e. The van der Waals surface area contributed by atoms with Gasteiger partial charge in [0, 0.05) is 13.1 Å². The van der Waals surface area contributed by atoms with Crippen LogP contribution in [0.15, 0.2) is 48.5 Å². The third kappa shape index (κ3) is 3.97. The van der Waals surface area contributed by atoms with E-state index in [0.29, 0.717) is 6.54 Å². The third-order valence-electron chi connectivity index (χ3n) is 3.73. The lowest BCUT2D eigenvalue weighted by atomic mass is 10.1. The van der Waals surface area contributed by atoms with Crippen LogP contribution in [-0.2, 0) is 24.4 Å². The summed E-state index contributed by atoms with van der Waals surface area (Å²) in [6, 6.07) is 15.9. The van der Waals surface area contributed by atoms with E-state index < -0.39 is 0 Å². The zero-order valence-corrected chi connectivity index (χ0v) is 13.9. The molecular formula is C18H21N5O. The van der Waals surface area contributed by atoms with Gasteiger partial charge in [-0.05, 0) is 37.4 Å². The topological polar surface area (TPSA) is 63.1 Å². The second-order valence-electron chi connectivity index (χ2n) is 6.07. The maximum Gasteiger partial charge on any atom is 0.242 e. The molecule has 0 unspecified atom stereocenters. The monoisotopic (exact) mass is 323 g/mol. The molecule has 124 valence electrons. The number of aromatic nitrogens is 3. The minimum atomic E-state index is -0.0805. The molecule has 0 atom stereocenters. The molecule has 1 N–H and O–H groups in total. The molecular weight excluding hydrogens is 302 g/mol. The van der Waals surface area contributed by atoms with E-state index in [4.69, 9.17) is 0 Å². The fraction of sp³-hybridized carbons (Fsp3) is 0.278. The van der Waals surface area contributed by atoms with E-state index in [1.165, 1.54) is 5.56 Å². The van der Waals surface area contributed by atoms with Gasteiger partial charge in [0.1, 0.15) is 12.1 Å². The fourth-order valence-corrected chi connectivity index (χ4v) is 2.55. The van der Waals surface area contributed by atoms with Crippen molar-refractivity contribution < 1.29 is 4.79 Å². The molecule has 1 amide bonds. The van der Waals surface area contributed by atoms with Crippen LogP contribution in [0.3, 0.4) is 0 Å². The summed E-state index contributed by atoms with van der Waals surface area (Å²) in [5.74, 6) is -0.0805. The molecule has 0 spiro atoms. The molecule has 0 saturated heterocycles. The Kier molecular flexibility index (Phi) is 4.86. The Bertz CT molecular complexity index is 823. The Balaban J connectivity index is 1.55. The smallest absolute Gasteiger partial charge is 0.242 e. The van der Waals surface area contributed by atoms with Crippen molar-refractivity contribution in [1.29, 1.82) is 0 Å². The van der Waals surface area contributed by atoms with Crippen molar-refractivity contribution in [2.24, 2.45) is 0 Å². The summed E-state index contributed by atoms with van der Waals surface area (Å²) in [7, 11) is 4.09. The van der Waals surface area contributed by atoms with Crippen LogP contribution in [0.4, 0.5) is 0 Å². The van der Waals surface area contributed by atoms with Crippen molar-refractivity contribution in [3.05, 3.63) is 59.7 Å². The number of hydrogen-bond donors (Lipinski definition) is 1. The Labute approximate surface area is 141 Å². The number of nitrogens with zero attached hydrogens (tertiary/aromatic N) is 4. The van der Waals surface area contributed by atoms with Crippen LogP contribution in [0.25, 0.3) is 11.0 Å². The van der Waals surface area contributed by atoms with Crippen LogP contribution in [0.2, 0.25) is 0 Å². The summed E-state index contributed by atoms with van der Waals surface area (Å²) in [4.78, 5) is 14.3. The average Bonchev–Trinajstić information content (AvgIpc) is 2.97. The van der Waals surface area contributed by atoms with Gasteiger partial charge < -0.3 is 10.2 Å². The first kappa shape index (κ1) is 16.1. The van der Waals surface area contributed by atoms with Gasteiger partial charge in [-0.25, -0.2) is 4.68 Å². The fourth-order valence-electron chi connectivity index (χ4n) is 2.55. The number of para-hydroxylation sites is 1. The molecule has 0 bridgehead atoms. The summed E-state index contributed by atoms with van der Waals surface area (Å²) in [6.45, 7) is 1.58. The van der Waals surface area contributed by atoms with Crippen LogP contribution < -0.4 is 5.32 Å². The van der Waals surface area contributed by atoms with Gasteiger partial charge in [-0.15, -0.1) is 5.10 Å². The SMILES string of the molecule is CN(C)Cc1ccc(CNC(=O)Cn2nnc3ccccc32)cc1. The van der Waals surface area contributed by atoms with Crippen LogP contribution in [0.5, 0.6) is 0 Å². The number of carbonyl (C=O) groups is 1. The highest BCUT2D eigenvalue weighted by atomic mass is 16.2. The second kappa shape index (κ2) is 7.23. The summed E-state index contributed by atoms with van der Waals surface area (Å²) < 4.78 is 1.62. The lowest BCUT2D eigenvalue weighted by molar-refractivity contribution is -0.121. The number of nitrogens with one attached hydrogen (secondary N) is 1. The molecule has 3 rings (SSSR count). The zero-order valence-electron chi connectivity index (χ0n) is 13.9. The first-order valence-electron chi connectivity index (χ1n) is 7.89. The normalized spacial score (nSPS) is 11.1. The molecule has 0 radical (unpaired) electrons. The van der Waals surface area contributed by atoms with Crippen molar-refractivity contribution in [2.45, 2.75) is 19.6 Å². The lowest BCUT2D eigenvalue weighted by Crippen LogP contribution is -2.27. The zero-order chi connectivity index (χ0) is 16.9. The Morgan fingerprint density at radius 3 is 2.54 bits per heavy atom. The number of carbonyl (C=O) groups excluding carboxylic acids is 1. The van der Waals surface area contributed by atoms with Gasteiger partial charge in [-0.3, -0.25) is 4.79 Å². The predicted octanol–water partition coefficient (Wildman–Crippen LogP) is 1.81. The van der Waals surface area contributed by atoms with E-state index in [9.17, 15) is 4.79 Å². The number of benzene rings is 2. The van der Waals surface area contributed by atoms with Crippen molar-refractivity contribution in [2.75, 3.05) is 14.1 Å². The van der Waals surface area contributed by atoms with E-state index in [1.807, 2.05) is 50.5 Å². The molecule has 1 heterocycles. The number of amides is 1. The van der Waals surface area contributed by atoms with Crippen LogP contribution in [-0.4, -0.2) is 39.9 Å². The highest BCUT2D eigenvalue weighted by Gasteiger charge is 2.08. The van der Waals surface area contributed by atoms with Gasteiger partial charge in [0.05, 0.1) is 5.52 Å². The molecule has 24 heavy (non-hydrogen) atoms.